The molecule has 0 fully saturated rings. The zero-order chi connectivity index (χ0) is 9.68. The zero-order valence-electron chi connectivity index (χ0n) is 7.45. The van der Waals surface area contributed by atoms with Crippen molar-refractivity contribution in [1.82, 2.24) is 4.98 Å². The highest BCUT2D eigenvalue weighted by atomic mass is 16.5. The van der Waals surface area contributed by atoms with Crippen LogP contribution in [0.25, 0.3) is 0 Å². The van der Waals surface area contributed by atoms with Gasteiger partial charge in [0.1, 0.15) is 11.6 Å². The Morgan fingerprint density at radius 2 is 2.46 bits per heavy atom. The number of nitrogens with one attached hydrogen (secondary N) is 1. The first-order valence-corrected chi connectivity index (χ1v) is 3.86. The van der Waals surface area contributed by atoms with Crippen LogP contribution in [-0.4, -0.2) is 17.3 Å². The van der Waals surface area contributed by atoms with E-state index in [-0.39, 0.29) is 0 Å². The number of pyridine rings is 1. The number of hydrogen-bond acceptors (Lipinski definition) is 4. The van der Waals surface area contributed by atoms with Gasteiger partial charge in [0.15, 0.2) is 0 Å². The fraction of sp³-hybridized carbons (Fsp3) is 0.222. The average Bonchev–Trinajstić information content (AvgIpc) is 2.18. The van der Waals surface area contributed by atoms with E-state index >= 15 is 0 Å². The van der Waals surface area contributed by atoms with Gasteiger partial charge in [-0.3, -0.25) is 10.7 Å². The Morgan fingerprint density at radius 3 is 3.00 bits per heavy atom. The van der Waals surface area contributed by atoms with Gasteiger partial charge in [-0.1, -0.05) is 6.08 Å². The molecule has 0 aliphatic rings. The molecule has 0 radical (unpaired) electrons. The van der Waals surface area contributed by atoms with Crippen LogP contribution >= 0.6 is 0 Å². The second kappa shape index (κ2) is 4.47. The number of allylic oxidation sites excluding steroid dienone is 1. The van der Waals surface area contributed by atoms with Crippen molar-refractivity contribution in [3.8, 4) is 5.75 Å². The van der Waals surface area contributed by atoms with Gasteiger partial charge in [0.05, 0.1) is 12.8 Å². The standard InChI is InChI=1S/C9H12N2O2/c1-3-4-7-8(13-2)5-6-9(10-7)11-12/h3,5-6,12H,1,4H2,2H3,(H,10,11). The summed E-state index contributed by atoms with van der Waals surface area (Å²) in [7, 11) is 1.58. The van der Waals surface area contributed by atoms with Gasteiger partial charge >= 0.3 is 0 Å². The van der Waals surface area contributed by atoms with Crippen molar-refractivity contribution in [1.29, 1.82) is 0 Å². The molecular weight excluding hydrogens is 168 g/mol. The molecule has 70 valence electrons. The van der Waals surface area contributed by atoms with Gasteiger partial charge in [0.25, 0.3) is 0 Å². The number of anilines is 1. The lowest BCUT2D eigenvalue weighted by atomic mass is 10.2. The highest BCUT2D eigenvalue weighted by Gasteiger charge is 2.03. The Labute approximate surface area is 76.8 Å². The highest BCUT2D eigenvalue weighted by Crippen LogP contribution is 2.18. The number of ether oxygens (including phenoxy) is 1. The number of methoxy groups -OCH3 is 1. The summed E-state index contributed by atoms with van der Waals surface area (Å²) in [5, 5.41) is 8.61. The molecule has 0 aliphatic heterocycles. The SMILES string of the molecule is C=CCc1nc(NO)ccc1OC. The molecule has 1 heterocycles. The summed E-state index contributed by atoms with van der Waals surface area (Å²) in [5.41, 5.74) is 2.72. The van der Waals surface area contributed by atoms with Gasteiger partial charge in [-0.15, -0.1) is 6.58 Å². The number of rotatable bonds is 4. The van der Waals surface area contributed by atoms with E-state index in [9.17, 15) is 0 Å². The fourth-order valence-electron chi connectivity index (χ4n) is 1.02. The Bertz CT molecular complexity index is 300. The lowest BCUT2D eigenvalue weighted by molar-refractivity contribution is 0.383. The largest absolute Gasteiger partial charge is 0.495 e. The van der Waals surface area contributed by atoms with Crippen LogP contribution < -0.4 is 10.2 Å². The molecule has 1 aromatic rings. The monoisotopic (exact) mass is 180 g/mol. The third-order valence-electron chi connectivity index (χ3n) is 1.60. The molecule has 0 bridgehead atoms. The molecule has 0 amide bonds. The summed E-state index contributed by atoms with van der Waals surface area (Å²) in [6.07, 6.45) is 2.34. The molecule has 0 saturated heterocycles. The van der Waals surface area contributed by atoms with Crippen molar-refractivity contribution in [3.05, 3.63) is 30.5 Å². The van der Waals surface area contributed by atoms with Crippen LogP contribution in [-0.2, 0) is 6.42 Å². The maximum atomic E-state index is 8.61. The third-order valence-corrected chi connectivity index (χ3v) is 1.60. The molecule has 0 unspecified atom stereocenters. The second-order valence-electron chi connectivity index (χ2n) is 2.45. The lowest BCUT2D eigenvalue weighted by Gasteiger charge is -2.06. The van der Waals surface area contributed by atoms with E-state index in [4.69, 9.17) is 9.94 Å². The van der Waals surface area contributed by atoms with Crippen LogP contribution in [0.15, 0.2) is 24.8 Å². The molecular formula is C9H12N2O2. The van der Waals surface area contributed by atoms with Crippen molar-refractivity contribution in [2.75, 3.05) is 12.6 Å². The Balaban J connectivity index is 3.01. The number of nitrogens with zero attached hydrogens (tertiary/aromatic N) is 1. The van der Waals surface area contributed by atoms with Crippen molar-refractivity contribution in [2.24, 2.45) is 0 Å². The first kappa shape index (κ1) is 9.54. The van der Waals surface area contributed by atoms with Gasteiger partial charge in [0, 0.05) is 6.42 Å². The molecule has 4 heteroatoms. The normalized spacial score (nSPS) is 9.38. The van der Waals surface area contributed by atoms with Gasteiger partial charge in [-0.05, 0) is 12.1 Å². The van der Waals surface area contributed by atoms with Crippen molar-refractivity contribution in [2.45, 2.75) is 6.42 Å². The van der Waals surface area contributed by atoms with Crippen LogP contribution in [0.2, 0.25) is 0 Å². The molecule has 0 aliphatic carbocycles. The summed E-state index contributed by atoms with van der Waals surface area (Å²) >= 11 is 0. The minimum absolute atomic E-state index is 0.401. The average molecular weight is 180 g/mol. The van der Waals surface area contributed by atoms with Gasteiger partial charge < -0.3 is 4.74 Å². The highest BCUT2D eigenvalue weighted by molar-refractivity contribution is 5.40. The Morgan fingerprint density at radius 1 is 1.69 bits per heavy atom. The van der Waals surface area contributed by atoms with Crippen LogP contribution in [0.5, 0.6) is 5.75 Å². The zero-order valence-corrected chi connectivity index (χ0v) is 7.45. The van der Waals surface area contributed by atoms with Crippen LogP contribution in [0.1, 0.15) is 5.69 Å². The van der Waals surface area contributed by atoms with E-state index in [2.05, 4.69) is 11.6 Å². The molecule has 4 nitrogen and oxygen atoms in total. The molecule has 1 rings (SSSR count). The molecule has 0 aromatic carbocycles. The van der Waals surface area contributed by atoms with Gasteiger partial charge in [0.2, 0.25) is 0 Å². The number of aromatic nitrogens is 1. The van der Waals surface area contributed by atoms with E-state index < -0.39 is 0 Å². The molecule has 0 spiro atoms. The van der Waals surface area contributed by atoms with Crippen LogP contribution in [0.3, 0.4) is 0 Å². The summed E-state index contributed by atoms with van der Waals surface area (Å²) < 4.78 is 5.08. The summed E-state index contributed by atoms with van der Waals surface area (Å²) in [6, 6.07) is 3.37. The quantitative estimate of drug-likeness (QED) is 0.546. The lowest BCUT2D eigenvalue weighted by Crippen LogP contribution is -1.99. The van der Waals surface area contributed by atoms with E-state index in [1.807, 2.05) is 5.48 Å². The van der Waals surface area contributed by atoms with Crippen LogP contribution in [0.4, 0.5) is 5.82 Å². The predicted octanol–water partition coefficient (Wildman–Crippen LogP) is 1.62. The summed E-state index contributed by atoms with van der Waals surface area (Å²) in [6.45, 7) is 3.61. The molecule has 2 N–H and O–H groups in total. The predicted molar refractivity (Wildman–Crippen MR) is 50.1 cm³/mol. The van der Waals surface area contributed by atoms with Crippen molar-refractivity contribution in [3.63, 3.8) is 0 Å². The Hall–Kier alpha value is -1.55. The van der Waals surface area contributed by atoms with Crippen LogP contribution in [0, 0.1) is 0 Å². The van der Waals surface area contributed by atoms with Crippen molar-refractivity contribution < 1.29 is 9.94 Å². The second-order valence-corrected chi connectivity index (χ2v) is 2.45. The molecule has 0 saturated carbocycles. The van der Waals surface area contributed by atoms with Gasteiger partial charge in [-0.25, -0.2) is 4.98 Å². The van der Waals surface area contributed by atoms with E-state index in [0.717, 1.165) is 5.69 Å². The maximum absolute atomic E-state index is 8.61. The van der Waals surface area contributed by atoms with E-state index in [1.54, 1.807) is 25.3 Å². The number of hydrogen-bond donors (Lipinski definition) is 2. The molecule has 0 atom stereocenters. The first-order chi connectivity index (χ1) is 6.31. The topological polar surface area (TPSA) is 54.4 Å². The first-order valence-electron chi connectivity index (χ1n) is 3.86. The molecule has 13 heavy (non-hydrogen) atoms. The summed E-state index contributed by atoms with van der Waals surface area (Å²) in [5.74, 6) is 1.09. The molecule has 1 aromatic heterocycles. The maximum Gasteiger partial charge on any atom is 0.150 e. The fourth-order valence-corrected chi connectivity index (χ4v) is 1.02. The van der Waals surface area contributed by atoms with Crippen molar-refractivity contribution >= 4 is 5.82 Å². The Kier molecular flexibility index (Phi) is 3.28. The van der Waals surface area contributed by atoms with E-state index in [1.165, 1.54) is 0 Å². The smallest absolute Gasteiger partial charge is 0.150 e. The minimum Gasteiger partial charge on any atom is -0.495 e. The minimum atomic E-state index is 0.401. The van der Waals surface area contributed by atoms with E-state index in [0.29, 0.717) is 18.0 Å². The van der Waals surface area contributed by atoms with Gasteiger partial charge in [-0.2, -0.15) is 0 Å². The summed E-state index contributed by atoms with van der Waals surface area (Å²) in [4.78, 5) is 4.09. The third kappa shape index (κ3) is 2.19.